The SMILES string of the molecule is O=C1C2CN(Cc3ccc(C4CCCCC4)cc3)CCN2C(=O)CN1Cc1ccco1. The Labute approximate surface area is 183 Å². The molecule has 6 nitrogen and oxygen atoms in total. The summed E-state index contributed by atoms with van der Waals surface area (Å²) in [6, 6.07) is 12.3. The number of nitrogens with zero attached hydrogens (tertiary/aromatic N) is 3. The summed E-state index contributed by atoms with van der Waals surface area (Å²) >= 11 is 0. The van der Waals surface area contributed by atoms with Gasteiger partial charge < -0.3 is 14.2 Å². The number of fused-ring (bicyclic) bond motifs is 1. The molecular formula is C25H31N3O3. The number of hydrogen-bond acceptors (Lipinski definition) is 4. The highest BCUT2D eigenvalue weighted by molar-refractivity contribution is 5.95. The van der Waals surface area contributed by atoms with E-state index < -0.39 is 6.04 Å². The second kappa shape index (κ2) is 8.87. The lowest BCUT2D eigenvalue weighted by Gasteiger charge is -2.46. The van der Waals surface area contributed by atoms with Gasteiger partial charge in [0.15, 0.2) is 0 Å². The Hall–Kier alpha value is -2.60. The number of amides is 2. The van der Waals surface area contributed by atoms with Gasteiger partial charge in [-0.15, -0.1) is 0 Å². The van der Waals surface area contributed by atoms with Crippen molar-refractivity contribution in [3.05, 3.63) is 59.5 Å². The second-order valence-electron chi connectivity index (χ2n) is 9.19. The van der Waals surface area contributed by atoms with E-state index in [0.717, 1.165) is 19.0 Å². The van der Waals surface area contributed by atoms with Crippen LogP contribution in [0.2, 0.25) is 0 Å². The van der Waals surface area contributed by atoms with Crippen LogP contribution in [0.5, 0.6) is 0 Å². The van der Waals surface area contributed by atoms with Crippen molar-refractivity contribution in [2.24, 2.45) is 0 Å². The minimum atomic E-state index is -0.397. The summed E-state index contributed by atoms with van der Waals surface area (Å²) in [5, 5.41) is 0. The van der Waals surface area contributed by atoms with Gasteiger partial charge in [-0.2, -0.15) is 0 Å². The maximum atomic E-state index is 13.1. The molecule has 3 fully saturated rings. The normalized spacial score (nSPS) is 23.3. The fourth-order valence-corrected chi connectivity index (χ4v) is 5.35. The number of rotatable bonds is 5. The maximum Gasteiger partial charge on any atom is 0.247 e. The molecular weight excluding hydrogens is 390 g/mol. The van der Waals surface area contributed by atoms with Crippen molar-refractivity contribution in [2.45, 2.75) is 57.2 Å². The van der Waals surface area contributed by atoms with E-state index in [4.69, 9.17) is 4.42 Å². The zero-order valence-corrected chi connectivity index (χ0v) is 18.0. The molecule has 2 aliphatic heterocycles. The minimum Gasteiger partial charge on any atom is -0.467 e. The van der Waals surface area contributed by atoms with Crippen molar-refractivity contribution in [3.63, 3.8) is 0 Å². The Morgan fingerprint density at radius 3 is 2.48 bits per heavy atom. The third-order valence-corrected chi connectivity index (χ3v) is 7.10. The standard InChI is InChI=1S/C25H31N3O3/c29-24-18-27(16-22-7-4-14-31-22)25(30)23-17-26(12-13-28(23)24)15-19-8-10-21(11-9-19)20-5-2-1-3-6-20/h4,7-11,14,20,23H,1-3,5-6,12-13,15-18H2. The second-order valence-corrected chi connectivity index (χ2v) is 9.19. The fraction of sp³-hybridized carbons (Fsp3) is 0.520. The first-order valence-electron chi connectivity index (χ1n) is 11.6. The average molecular weight is 422 g/mol. The molecule has 0 bridgehead atoms. The predicted octanol–water partition coefficient (Wildman–Crippen LogP) is 3.38. The molecule has 1 atom stereocenters. The molecule has 1 saturated carbocycles. The number of benzene rings is 1. The van der Waals surface area contributed by atoms with Crippen molar-refractivity contribution in [2.75, 3.05) is 26.2 Å². The van der Waals surface area contributed by atoms with Crippen molar-refractivity contribution >= 4 is 11.8 Å². The van der Waals surface area contributed by atoms with Gasteiger partial charge in [-0.05, 0) is 42.0 Å². The first kappa shape index (κ1) is 20.3. The zero-order chi connectivity index (χ0) is 21.2. The van der Waals surface area contributed by atoms with Gasteiger partial charge in [0.05, 0.1) is 12.8 Å². The van der Waals surface area contributed by atoms with Crippen LogP contribution < -0.4 is 0 Å². The molecule has 2 saturated heterocycles. The molecule has 0 spiro atoms. The van der Waals surface area contributed by atoms with Crippen molar-refractivity contribution in [1.82, 2.24) is 14.7 Å². The molecule has 6 heteroatoms. The van der Waals surface area contributed by atoms with Gasteiger partial charge in [-0.25, -0.2) is 0 Å². The third kappa shape index (κ3) is 4.40. The van der Waals surface area contributed by atoms with Gasteiger partial charge in [0.1, 0.15) is 18.3 Å². The minimum absolute atomic E-state index is 0.0216. The quantitative estimate of drug-likeness (QED) is 0.743. The van der Waals surface area contributed by atoms with Gasteiger partial charge in [0.25, 0.3) is 0 Å². The van der Waals surface area contributed by atoms with Crippen LogP contribution in [0, 0.1) is 0 Å². The van der Waals surface area contributed by atoms with Crippen LogP contribution in [-0.2, 0) is 22.7 Å². The molecule has 3 aliphatic rings. The molecule has 31 heavy (non-hydrogen) atoms. The topological polar surface area (TPSA) is 57.0 Å². The molecule has 1 aromatic heterocycles. The Morgan fingerprint density at radius 1 is 0.935 bits per heavy atom. The maximum absolute atomic E-state index is 13.1. The monoisotopic (exact) mass is 421 g/mol. The van der Waals surface area contributed by atoms with E-state index in [0.29, 0.717) is 25.4 Å². The molecule has 2 amide bonds. The fourth-order valence-electron chi connectivity index (χ4n) is 5.35. The number of carbonyl (C=O) groups excluding carboxylic acids is 2. The van der Waals surface area contributed by atoms with E-state index in [-0.39, 0.29) is 18.4 Å². The first-order chi connectivity index (χ1) is 15.2. The van der Waals surface area contributed by atoms with Gasteiger partial charge >= 0.3 is 0 Å². The highest BCUT2D eigenvalue weighted by Crippen LogP contribution is 2.32. The first-order valence-corrected chi connectivity index (χ1v) is 11.6. The van der Waals surface area contributed by atoms with E-state index in [9.17, 15) is 9.59 Å². The van der Waals surface area contributed by atoms with Gasteiger partial charge in [0, 0.05) is 26.2 Å². The molecule has 0 radical (unpaired) electrons. The van der Waals surface area contributed by atoms with Crippen LogP contribution in [0.15, 0.2) is 47.1 Å². The predicted molar refractivity (Wildman–Crippen MR) is 117 cm³/mol. The highest BCUT2D eigenvalue weighted by atomic mass is 16.3. The molecule has 1 unspecified atom stereocenters. The summed E-state index contributed by atoms with van der Waals surface area (Å²) in [7, 11) is 0. The van der Waals surface area contributed by atoms with Gasteiger partial charge in [-0.3, -0.25) is 14.5 Å². The number of furan rings is 1. The van der Waals surface area contributed by atoms with Crippen molar-refractivity contribution < 1.29 is 14.0 Å². The lowest BCUT2D eigenvalue weighted by Crippen LogP contribution is -2.66. The summed E-state index contributed by atoms with van der Waals surface area (Å²) in [5.41, 5.74) is 2.74. The average Bonchev–Trinajstić information content (AvgIpc) is 3.31. The van der Waals surface area contributed by atoms with Crippen LogP contribution >= 0.6 is 0 Å². The van der Waals surface area contributed by atoms with E-state index >= 15 is 0 Å². The smallest absolute Gasteiger partial charge is 0.247 e. The lowest BCUT2D eigenvalue weighted by atomic mass is 9.84. The van der Waals surface area contributed by atoms with Crippen LogP contribution in [0.3, 0.4) is 0 Å². The number of carbonyl (C=O) groups is 2. The number of piperazine rings is 2. The van der Waals surface area contributed by atoms with Crippen molar-refractivity contribution in [3.8, 4) is 0 Å². The highest BCUT2D eigenvalue weighted by Gasteiger charge is 2.42. The Kier molecular flexibility index (Phi) is 5.81. The van der Waals surface area contributed by atoms with Crippen LogP contribution in [0.1, 0.15) is 54.9 Å². The Bertz CT molecular complexity index is 903. The van der Waals surface area contributed by atoms with Gasteiger partial charge in [0.2, 0.25) is 11.8 Å². The Morgan fingerprint density at radius 2 is 1.74 bits per heavy atom. The van der Waals surface area contributed by atoms with Crippen molar-refractivity contribution in [1.29, 1.82) is 0 Å². The molecule has 2 aromatic rings. The van der Waals surface area contributed by atoms with E-state index in [1.165, 1.54) is 43.2 Å². The van der Waals surface area contributed by atoms with Crippen LogP contribution in [0.4, 0.5) is 0 Å². The summed E-state index contributed by atoms with van der Waals surface area (Å²) < 4.78 is 5.38. The summed E-state index contributed by atoms with van der Waals surface area (Å²) in [4.78, 5) is 31.5. The Balaban J connectivity index is 1.22. The molecule has 0 N–H and O–H groups in total. The molecule has 1 aromatic carbocycles. The van der Waals surface area contributed by atoms with E-state index in [1.54, 1.807) is 22.1 Å². The van der Waals surface area contributed by atoms with E-state index in [2.05, 4.69) is 29.2 Å². The molecule has 5 rings (SSSR count). The van der Waals surface area contributed by atoms with Crippen LogP contribution in [0.25, 0.3) is 0 Å². The molecule has 3 heterocycles. The number of hydrogen-bond donors (Lipinski definition) is 0. The van der Waals surface area contributed by atoms with E-state index in [1.807, 2.05) is 6.07 Å². The lowest BCUT2D eigenvalue weighted by molar-refractivity contribution is -0.160. The largest absolute Gasteiger partial charge is 0.467 e. The molecule has 1 aliphatic carbocycles. The summed E-state index contributed by atoms with van der Waals surface area (Å²) in [6.07, 6.45) is 8.30. The van der Waals surface area contributed by atoms with Gasteiger partial charge in [-0.1, -0.05) is 43.5 Å². The molecule has 164 valence electrons. The summed E-state index contributed by atoms with van der Waals surface area (Å²) in [6.45, 7) is 3.31. The zero-order valence-electron chi connectivity index (χ0n) is 18.0. The van der Waals surface area contributed by atoms with Crippen LogP contribution in [-0.4, -0.2) is 58.7 Å². The summed E-state index contributed by atoms with van der Waals surface area (Å²) in [5.74, 6) is 1.48. The third-order valence-electron chi connectivity index (χ3n) is 7.10.